The lowest BCUT2D eigenvalue weighted by atomic mass is 10.3. The Kier molecular flexibility index (Phi) is 2.06. The quantitative estimate of drug-likeness (QED) is 0.558. The molecule has 0 saturated heterocycles. The number of H-pyrrole nitrogens is 2. The van der Waals surface area contributed by atoms with Crippen LogP contribution in [0.2, 0.25) is 0 Å². The molecule has 0 bridgehead atoms. The molecule has 2 heterocycles. The van der Waals surface area contributed by atoms with Crippen molar-refractivity contribution in [3.8, 4) is 5.69 Å². The van der Waals surface area contributed by atoms with Crippen molar-refractivity contribution in [2.75, 3.05) is 5.73 Å². The van der Waals surface area contributed by atoms with Crippen molar-refractivity contribution < 1.29 is 0 Å². The lowest BCUT2D eigenvalue weighted by Gasteiger charge is -2.01. The second-order valence-corrected chi connectivity index (χ2v) is 3.76. The lowest BCUT2D eigenvalue weighted by Crippen LogP contribution is -2.21. The van der Waals surface area contributed by atoms with Gasteiger partial charge >= 0.3 is 5.69 Å². The Morgan fingerprint density at radius 1 is 1.11 bits per heavy atom. The van der Waals surface area contributed by atoms with Crippen LogP contribution in [0.4, 0.5) is 5.82 Å². The molecule has 7 nitrogen and oxygen atoms in total. The smallest absolute Gasteiger partial charge is 0.327 e. The number of nitrogens with two attached hydrogens (primary N) is 1. The highest BCUT2D eigenvalue weighted by molar-refractivity contribution is 5.86. The van der Waals surface area contributed by atoms with E-state index in [2.05, 4.69) is 15.1 Å². The van der Waals surface area contributed by atoms with Crippen LogP contribution in [0, 0.1) is 0 Å². The molecule has 0 atom stereocenters. The number of para-hydroxylation sites is 1. The van der Waals surface area contributed by atoms with E-state index in [9.17, 15) is 9.59 Å². The predicted octanol–water partition coefficient (Wildman–Crippen LogP) is -0.0157. The molecule has 7 heteroatoms. The fraction of sp³-hybridized carbons (Fsp3) is 0. The first-order chi connectivity index (χ1) is 8.66. The first kappa shape index (κ1) is 10.3. The average Bonchev–Trinajstić information content (AvgIpc) is 2.67. The zero-order valence-electron chi connectivity index (χ0n) is 9.18. The van der Waals surface area contributed by atoms with Gasteiger partial charge in [-0.1, -0.05) is 18.2 Å². The minimum Gasteiger partial charge on any atom is -0.383 e. The summed E-state index contributed by atoms with van der Waals surface area (Å²) < 4.78 is 1.41. The number of aromatic nitrogens is 4. The molecule has 4 N–H and O–H groups in total. The molecule has 0 spiro atoms. The Hall–Kier alpha value is -2.83. The summed E-state index contributed by atoms with van der Waals surface area (Å²) in [6, 6.07) is 9.11. The van der Waals surface area contributed by atoms with Gasteiger partial charge in [-0.2, -0.15) is 0 Å². The van der Waals surface area contributed by atoms with E-state index in [4.69, 9.17) is 5.73 Å². The molecule has 0 fully saturated rings. The minimum atomic E-state index is -0.606. The number of fused-ring (bicyclic) bond motifs is 1. The van der Waals surface area contributed by atoms with Crippen LogP contribution in [0.15, 0.2) is 39.9 Å². The molecular weight excluding hydrogens is 234 g/mol. The van der Waals surface area contributed by atoms with Crippen molar-refractivity contribution in [3.05, 3.63) is 51.2 Å². The summed E-state index contributed by atoms with van der Waals surface area (Å²) in [6.45, 7) is 0. The first-order valence-corrected chi connectivity index (χ1v) is 5.23. The molecule has 0 unspecified atom stereocenters. The van der Waals surface area contributed by atoms with Crippen LogP contribution in [-0.2, 0) is 0 Å². The van der Waals surface area contributed by atoms with E-state index in [1.54, 1.807) is 12.1 Å². The second-order valence-electron chi connectivity index (χ2n) is 3.76. The SMILES string of the molecule is Nc1c2c(=O)[nH]c(=O)[nH]c2nn1-c1ccccc1. The van der Waals surface area contributed by atoms with Crippen molar-refractivity contribution in [2.45, 2.75) is 0 Å². The maximum Gasteiger partial charge on any atom is 0.327 e. The third-order valence-electron chi connectivity index (χ3n) is 2.61. The molecule has 2 aromatic heterocycles. The topological polar surface area (TPSA) is 110 Å². The van der Waals surface area contributed by atoms with Gasteiger partial charge in [0, 0.05) is 0 Å². The van der Waals surface area contributed by atoms with E-state index in [1.165, 1.54) is 4.68 Å². The van der Waals surface area contributed by atoms with Crippen LogP contribution in [0.3, 0.4) is 0 Å². The zero-order chi connectivity index (χ0) is 12.7. The number of benzene rings is 1. The molecule has 18 heavy (non-hydrogen) atoms. The molecule has 0 amide bonds. The highest BCUT2D eigenvalue weighted by Crippen LogP contribution is 2.18. The summed E-state index contributed by atoms with van der Waals surface area (Å²) in [7, 11) is 0. The van der Waals surface area contributed by atoms with Gasteiger partial charge < -0.3 is 5.73 Å². The van der Waals surface area contributed by atoms with E-state index < -0.39 is 11.2 Å². The number of nitrogen functional groups attached to an aromatic ring is 1. The number of anilines is 1. The summed E-state index contributed by atoms with van der Waals surface area (Å²) in [4.78, 5) is 27.4. The Balaban J connectivity index is 2.40. The highest BCUT2D eigenvalue weighted by atomic mass is 16.2. The monoisotopic (exact) mass is 243 g/mol. The molecule has 0 aliphatic rings. The van der Waals surface area contributed by atoms with Crippen LogP contribution in [0.5, 0.6) is 0 Å². The van der Waals surface area contributed by atoms with E-state index >= 15 is 0 Å². The van der Waals surface area contributed by atoms with Gasteiger partial charge in [-0.3, -0.25) is 14.8 Å². The van der Waals surface area contributed by atoms with Crippen molar-refractivity contribution >= 4 is 16.9 Å². The Labute approximate surface area is 99.9 Å². The standard InChI is InChI=1S/C11H9N5O2/c12-8-7-9(13-11(18)14-10(7)17)15-16(8)6-4-2-1-3-5-6/h1-5H,12H2,(H2,13,14,15,17,18). The molecule has 90 valence electrons. The average molecular weight is 243 g/mol. The van der Waals surface area contributed by atoms with Gasteiger partial charge in [0.1, 0.15) is 11.2 Å². The van der Waals surface area contributed by atoms with Crippen LogP contribution in [0.25, 0.3) is 16.7 Å². The molecule has 1 aromatic carbocycles. The van der Waals surface area contributed by atoms with Crippen molar-refractivity contribution in [2.24, 2.45) is 0 Å². The summed E-state index contributed by atoms with van der Waals surface area (Å²) in [6.07, 6.45) is 0. The van der Waals surface area contributed by atoms with Crippen molar-refractivity contribution in [1.82, 2.24) is 19.7 Å². The number of hydrogen-bond acceptors (Lipinski definition) is 4. The largest absolute Gasteiger partial charge is 0.383 e. The summed E-state index contributed by atoms with van der Waals surface area (Å²) in [5, 5.41) is 4.30. The minimum absolute atomic E-state index is 0.171. The van der Waals surface area contributed by atoms with Crippen LogP contribution in [-0.4, -0.2) is 19.7 Å². The van der Waals surface area contributed by atoms with Gasteiger partial charge in [0.15, 0.2) is 5.65 Å². The summed E-state index contributed by atoms with van der Waals surface area (Å²) >= 11 is 0. The first-order valence-electron chi connectivity index (χ1n) is 5.23. The van der Waals surface area contributed by atoms with Crippen molar-refractivity contribution in [1.29, 1.82) is 0 Å². The van der Waals surface area contributed by atoms with Gasteiger partial charge in [0.25, 0.3) is 5.56 Å². The number of aromatic amines is 2. The van der Waals surface area contributed by atoms with E-state index in [0.29, 0.717) is 5.69 Å². The van der Waals surface area contributed by atoms with E-state index in [1.807, 2.05) is 18.2 Å². The van der Waals surface area contributed by atoms with Gasteiger partial charge in [-0.05, 0) is 12.1 Å². The number of hydrogen-bond donors (Lipinski definition) is 3. The third kappa shape index (κ3) is 1.41. The van der Waals surface area contributed by atoms with Gasteiger partial charge in [0.2, 0.25) is 0 Å². The normalized spacial score (nSPS) is 10.9. The Morgan fingerprint density at radius 2 is 1.83 bits per heavy atom. The molecule has 0 radical (unpaired) electrons. The van der Waals surface area contributed by atoms with Crippen molar-refractivity contribution in [3.63, 3.8) is 0 Å². The molecule has 0 aliphatic heterocycles. The predicted molar refractivity (Wildman–Crippen MR) is 66.7 cm³/mol. The van der Waals surface area contributed by atoms with Gasteiger partial charge in [-0.15, -0.1) is 5.10 Å². The van der Waals surface area contributed by atoms with Gasteiger partial charge in [0.05, 0.1) is 5.69 Å². The van der Waals surface area contributed by atoms with E-state index in [0.717, 1.165) is 0 Å². The highest BCUT2D eigenvalue weighted by Gasteiger charge is 2.13. The Morgan fingerprint density at radius 3 is 2.56 bits per heavy atom. The summed E-state index contributed by atoms with van der Waals surface area (Å²) in [5.74, 6) is 0.189. The van der Waals surface area contributed by atoms with Crippen LogP contribution in [0.1, 0.15) is 0 Å². The number of nitrogens with one attached hydrogen (secondary N) is 2. The maximum atomic E-state index is 11.7. The Bertz CT molecular complexity index is 828. The van der Waals surface area contributed by atoms with Crippen LogP contribution < -0.4 is 17.0 Å². The zero-order valence-corrected chi connectivity index (χ0v) is 9.18. The summed E-state index contributed by atoms with van der Waals surface area (Å²) in [5.41, 5.74) is 5.61. The second kappa shape index (κ2) is 3.59. The maximum absolute atomic E-state index is 11.7. The number of nitrogens with zero attached hydrogens (tertiary/aromatic N) is 2. The molecular formula is C11H9N5O2. The van der Waals surface area contributed by atoms with Gasteiger partial charge in [-0.25, -0.2) is 9.48 Å². The molecule has 0 aliphatic carbocycles. The van der Waals surface area contributed by atoms with Crippen LogP contribution >= 0.6 is 0 Å². The lowest BCUT2D eigenvalue weighted by molar-refractivity contribution is 0.897. The fourth-order valence-corrected chi connectivity index (χ4v) is 1.81. The molecule has 3 aromatic rings. The fourth-order valence-electron chi connectivity index (χ4n) is 1.81. The molecule has 0 saturated carbocycles. The molecule has 3 rings (SSSR count). The number of rotatable bonds is 1. The third-order valence-corrected chi connectivity index (χ3v) is 2.61. The van der Waals surface area contributed by atoms with E-state index in [-0.39, 0.29) is 16.9 Å².